The molecule has 0 bridgehead atoms. The SMILES string of the molecule is O=C(Nc1ccc2c(c1)CCN(C1CCC1)CC2)c1ccc2c(c1)OCO2. The number of fused-ring (bicyclic) bond motifs is 2. The van der Waals surface area contributed by atoms with Crippen LogP contribution in [0.3, 0.4) is 0 Å². The van der Waals surface area contributed by atoms with E-state index < -0.39 is 0 Å². The monoisotopic (exact) mass is 364 g/mol. The minimum Gasteiger partial charge on any atom is -0.454 e. The van der Waals surface area contributed by atoms with E-state index in [-0.39, 0.29) is 12.7 Å². The molecule has 0 spiro atoms. The smallest absolute Gasteiger partial charge is 0.255 e. The van der Waals surface area contributed by atoms with Crippen LogP contribution in [-0.4, -0.2) is 36.7 Å². The molecule has 1 amide bonds. The Morgan fingerprint density at radius 1 is 0.963 bits per heavy atom. The van der Waals surface area contributed by atoms with Crippen molar-refractivity contribution in [1.29, 1.82) is 0 Å². The number of nitrogens with zero attached hydrogens (tertiary/aromatic N) is 1. The number of nitrogens with one attached hydrogen (secondary N) is 1. The van der Waals surface area contributed by atoms with E-state index in [1.54, 1.807) is 18.2 Å². The lowest BCUT2D eigenvalue weighted by Crippen LogP contribution is -2.41. The van der Waals surface area contributed by atoms with Gasteiger partial charge in [0.15, 0.2) is 11.5 Å². The van der Waals surface area contributed by atoms with E-state index in [1.165, 1.54) is 30.4 Å². The fourth-order valence-electron chi connectivity index (χ4n) is 4.18. The standard InChI is InChI=1S/C22H24N2O3/c25-22(17-5-7-20-21(13-17)27-14-26-20)23-18-6-4-15-8-10-24(19-2-1-3-19)11-9-16(15)12-18/h4-7,12-13,19H,1-3,8-11,14H2,(H,23,25). The normalized spacial score (nSPS) is 19.1. The Bertz CT molecular complexity index is 876. The van der Waals surface area contributed by atoms with E-state index in [0.717, 1.165) is 37.7 Å². The third-order valence-corrected chi connectivity index (χ3v) is 6.03. The molecule has 0 unspecified atom stereocenters. The van der Waals surface area contributed by atoms with E-state index in [1.807, 2.05) is 6.07 Å². The van der Waals surface area contributed by atoms with Crippen LogP contribution in [0.15, 0.2) is 36.4 Å². The van der Waals surface area contributed by atoms with Gasteiger partial charge in [0.2, 0.25) is 6.79 Å². The summed E-state index contributed by atoms with van der Waals surface area (Å²) < 4.78 is 10.7. The fraction of sp³-hybridized carbons (Fsp3) is 0.409. The van der Waals surface area contributed by atoms with Gasteiger partial charge in [0.1, 0.15) is 0 Å². The van der Waals surface area contributed by atoms with Crippen LogP contribution in [0.5, 0.6) is 11.5 Å². The maximum Gasteiger partial charge on any atom is 0.255 e. The lowest BCUT2D eigenvalue weighted by molar-refractivity contribution is 0.102. The van der Waals surface area contributed by atoms with Crippen LogP contribution in [0.4, 0.5) is 5.69 Å². The van der Waals surface area contributed by atoms with E-state index in [9.17, 15) is 4.79 Å². The summed E-state index contributed by atoms with van der Waals surface area (Å²) in [6.45, 7) is 2.49. The molecular formula is C22H24N2O3. The zero-order valence-electron chi connectivity index (χ0n) is 15.4. The number of ether oxygens (including phenoxy) is 2. The van der Waals surface area contributed by atoms with Crippen molar-refractivity contribution in [2.75, 3.05) is 25.2 Å². The van der Waals surface area contributed by atoms with E-state index in [0.29, 0.717) is 17.1 Å². The molecule has 5 heteroatoms. The molecule has 1 N–H and O–H groups in total. The van der Waals surface area contributed by atoms with E-state index in [2.05, 4.69) is 22.3 Å². The first-order valence-corrected chi connectivity index (χ1v) is 9.83. The third-order valence-electron chi connectivity index (χ3n) is 6.03. The molecule has 2 aromatic rings. The number of carbonyl (C=O) groups excluding carboxylic acids is 1. The molecule has 0 atom stereocenters. The van der Waals surface area contributed by atoms with Gasteiger partial charge in [-0.1, -0.05) is 12.5 Å². The van der Waals surface area contributed by atoms with Crippen molar-refractivity contribution in [1.82, 2.24) is 4.90 Å². The average molecular weight is 364 g/mol. The summed E-state index contributed by atoms with van der Waals surface area (Å²) in [6.07, 6.45) is 6.24. The second kappa shape index (κ2) is 6.89. The van der Waals surface area contributed by atoms with Gasteiger partial charge in [-0.25, -0.2) is 0 Å². The summed E-state index contributed by atoms with van der Waals surface area (Å²) in [6, 6.07) is 12.4. The Kier molecular flexibility index (Phi) is 4.24. The van der Waals surface area contributed by atoms with Gasteiger partial charge in [0.05, 0.1) is 0 Å². The second-order valence-electron chi connectivity index (χ2n) is 7.63. The molecule has 140 valence electrons. The van der Waals surface area contributed by atoms with E-state index in [4.69, 9.17) is 9.47 Å². The van der Waals surface area contributed by atoms with Crippen LogP contribution in [0.2, 0.25) is 0 Å². The maximum atomic E-state index is 12.6. The Labute approximate surface area is 159 Å². The summed E-state index contributed by atoms with van der Waals surface area (Å²) in [4.78, 5) is 15.3. The Morgan fingerprint density at radius 2 is 1.78 bits per heavy atom. The van der Waals surface area contributed by atoms with Crippen LogP contribution in [0.25, 0.3) is 0 Å². The summed E-state index contributed by atoms with van der Waals surface area (Å²) >= 11 is 0. The lowest BCUT2D eigenvalue weighted by Gasteiger charge is -2.36. The molecule has 27 heavy (non-hydrogen) atoms. The van der Waals surface area contributed by atoms with Crippen molar-refractivity contribution in [2.45, 2.75) is 38.1 Å². The van der Waals surface area contributed by atoms with Crippen molar-refractivity contribution in [3.05, 3.63) is 53.1 Å². The summed E-state index contributed by atoms with van der Waals surface area (Å²) in [5.74, 6) is 1.19. The van der Waals surface area contributed by atoms with Crippen molar-refractivity contribution in [3.63, 3.8) is 0 Å². The van der Waals surface area contributed by atoms with Crippen LogP contribution in [0, 0.1) is 0 Å². The van der Waals surface area contributed by atoms with Gasteiger partial charge in [-0.05, 0) is 67.1 Å². The molecule has 5 nitrogen and oxygen atoms in total. The zero-order chi connectivity index (χ0) is 18.2. The van der Waals surface area contributed by atoms with Crippen LogP contribution >= 0.6 is 0 Å². The Hall–Kier alpha value is -2.53. The molecule has 0 radical (unpaired) electrons. The molecule has 3 aliphatic rings. The summed E-state index contributed by atoms with van der Waals surface area (Å²) in [5.41, 5.74) is 4.21. The van der Waals surface area contributed by atoms with Gasteiger partial charge in [0, 0.05) is 30.4 Å². The topological polar surface area (TPSA) is 50.8 Å². The number of rotatable bonds is 3. The van der Waals surface area contributed by atoms with Gasteiger partial charge in [-0.3, -0.25) is 9.69 Å². The van der Waals surface area contributed by atoms with Crippen LogP contribution in [0.1, 0.15) is 40.7 Å². The Morgan fingerprint density at radius 3 is 2.59 bits per heavy atom. The first-order chi connectivity index (χ1) is 13.3. The molecular weight excluding hydrogens is 340 g/mol. The fourth-order valence-corrected chi connectivity index (χ4v) is 4.18. The highest BCUT2D eigenvalue weighted by molar-refractivity contribution is 6.04. The van der Waals surface area contributed by atoms with Crippen molar-refractivity contribution < 1.29 is 14.3 Å². The maximum absolute atomic E-state index is 12.6. The molecule has 2 heterocycles. The Balaban J connectivity index is 1.29. The van der Waals surface area contributed by atoms with Gasteiger partial charge < -0.3 is 14.8 Å². The summed E-state index contributed by atoms with van der Waals surface area (Å²) in [5, 5.41) is 3.03. The van der Waals surface area contributed by atoms with Crippen molar-refractivity contribution in [2.24, 2.45) is 0 Å². The highest BCUT2D eigenvalue weighted by atomic mass is 16.7. The van der Waals surface area contributed by atoms with Crippen molar-refractivity contribution >= 4 is 11.6 Å². The van der Waals surface area contributed by atoms with Crippen LogP contribution < -0.4 is 14.8 Å². The lowest BCUT2D eigenvalue weighted by atomic mass is 9.91. The number of carbonyl (C=O) groups is 1. The number of amides is 1. The minimum absolute atomic E-state index is 0.127. The highest BCUT2D eigenvalue weighted by Crippen LogP contribution is 2.33. The quantitative estimate of drug-likeness (QED) is 0.904. The third kappa shape index (κ3) is 3.28. The van der Waals surface area contributed by atoms with Crippen molar-refractivity contribution in [3.8, 4) is 11.5 Å². The molecule has 1 aliphatic carbocycles. The van der Waals surface area contributed by atoms with Gasteiger partial charge in [0.25, 0.3) is 5.91 Å². The predicted octanol–water partition coefficient (Wildman–Crippen LogP) is 3.62. The largest absolute Gasteiger partial charge is 0.454 e. The highest BCUT2D eigenvalue weighted by Gasteiger charge is 2.26. The first kappa shape index (κ1) is 16.6. The van der Waals surface area contributed by atoms with E-state index >= 15 is 0 Å². The molecule has 0 saturated heterocycles. The second-order valence-corrected chi connectivity index (χ2v) is 7.63. The number of anilines is 1. The molecule has 1 saturated carbocycles. The van der Waals surface area contributed by atoms with Crippen LogP contribution in [-0.2, 0) is 12.8 Å². The predicted molar refractivity (Wildman–Crippen MR) is 104 cm³/mol. The molecule has 2 aromatic carbocycles. The number of hydrogen-bond donors (Lipinski definition) is 1. The zero-order valence-corrected chi connectivity index (χ0v) is 15.4. The summed E-state index contributed by atoms with van der Waals surface area (Å²) in [7, 11) is 0. The number of hydrogen-bond acceptors (Lipinski definition) is 4. The molecule has 5 rings (SSSR count). The molecule has 0 aromatic heterocycles. The minimum atomic E-state index is -0.127. The van der Waals surface area contributed by atoms with Gasteiger partial charge in [-0.2, -0.15) is 0 Å². The van der Waals surface area contributed by atoms with Gasteiger partial charge >= 0.3 is 0 Å². The first-order valence-electron chi connectivity index (χ1n) is 9.83. The molecule has 2 aliphatic heterocycles. The number of benzene rings is 2. The average Bonchev–Trinajstić information content (AvgIpc) is 3.01. The molecule has 1 fully saturated rings. The van der Waals surface area contributed by atoms with Gasteiger partial charge in [-0.15, -0.1) is 0 Å².